The van der Waals surface area contributed by atoms with Crippen molar-refractivity contribution in [2.45, 2.75) is 0 Å². The van der Waals surface area contributed by atoms with Crippen molar-refractivity contribution in [1.29, 1.82) is 0 Å². The summed E-state index contributed by atoms with van der Waals surface area (Å²) in [6, 6.07) is 9.20. The molecule has 0 saturated carbocycles. The van der Waals surface area contributed by atoms with Gasteiger partial charge in [-0.1, -0.05) is 17.7 Å². The van der Waals surface area contributed by atoms with E-state index in [0.717, 1.165) is 0 Å². The molecule has 0 spiro atoms. The number of H-pyrrole nitrogens is 1. The van der Waals surface area contributed by atoms with E-state index in [2.05, 4.69) is 9.97 Å². The van der Waals surface area contributed by atoms with Gasteiger partial charge in [0.1, 0.15) is 17.1 Å². The predicted molar refractivity (Wildman–Crippen MR) is 68.2 cm³/mol. The molecule has 2 aromatic carbocycles. The number of nitrogens with zero attached hydrogens (tertiary/aromatic N) is 1. The molecule has 0 bridgehead atoms. The van der Waals surface area contributed by atoms with Crippen molar-refractivity contribution in [2.24, 2.45) is 0 Å². The van der Waals surface area contributed by atoms with Crippen molar-refractivity contribution in [3.8, 4) is 17.1 Å². The van der Waals surface area contributed by atoms with E-state index in [-0.39, 0.29) is 11.3 Å². The van der Waals surface area contributed by atoms with Crippen LogP contribution in [-0.4, -0.2) is 15.1 Å². The number of aromatic hydroxyl groups is 1. The van der Waals surface area contributed by atoms with Crippen LogP contribution in [-0.2, 0) is 0 Å². The molecule has 3 nitrogen and oxygen atoms in total. The van der Waals surface area contributed by atoms with Crippen LogP contribution < -0.4 is 0 Å². The number of aromatic nitrogens is 2. The normalized spacial score (nSPS) is 11.0. The third-order valence-corrected chi connectivity index (χ3v) is 3.00. The number of phenols is 1. The summed E-state index contributed by atoms with van der Waals surface area (Å²) in [6.07, 6.45) is 0. The summed E-state index contributed by atoms with van der Waals surface area (Å²) in [5.74, 6) is 0.109. The Balaban J connectivity index is 2.26. The highest BCUT2D eigenvalue weighted by atomic mass is 35.5. The number of halogens is 2. The van der Waals surface area contributed by atoms with Gasteiger partial charge in [0, 0.05) is 5.56 Å². The second-order valence-corrected chi connectivity index (χ2v) is 4.29. The average Bonchev–Trinajstić information content (AvgIpc) is 2.77. The van der Waals surface area contributed by atoms with Crippen LogP contribution in [0, 0.1) is 5.82 Å². The lowest BCUT2D eigenvalue weighted by Crippen LogP contribution is -1.82. The highest BCUT2D eigenvalue weighted by Crippen LogP contribution is 2.30. The predicted octanol–water partition coefficient (Wildman–Crippen LogP) is 3.73. The molecule has 1 aromatic heterocycles. The number of phenolic OH excluding ortho intramolecular Hbond substituents is 1. The Morgan fingerprint density at radius 1 is 1.22 bits per heavy atom. The van der Waals surface area contributed by atoms with Gasteiger partial charge in [0.2, 0.25) is 0 Å². The van der Waals surface area contributed by atoms with Gasteiger partial charge < -0.3 is 10.1 Å². The van der Waals surface area contributed by atoms with Crippen LogP contribution in [0.4, 0.5) is 4.39 Å². The Morgan fingerprint density at radius 2 is 2.06 bits per heavy atom. The maximum atomic E-state index is 13.5. The van der Waals surface area contributed by atoms with Gasteiger partial charge in [-0.15, -0.1) is 0 Å². The van der Waals surface area contributed by atoms with Crippen molar-refractivity contribution in [3.05, 3.63) is 47.2 Å². The minimum absolute atomic E-state index is 0.0790. The summed E-state index contributed by atoms with van der Waals surface area (Å²) in [5, 5.41) is 9.89. The number of para-hydroxylation sites is 1. The highest BCUT2D eigenvalue weighted by Gasteiger charge is 2.11. The van der Waals surface area contributed by atoms with E-state index in [1.165, 1.54) is 18.2 Å². The number of nitrogens with one attached hydrogen (secondary N) is 1. The van der Waals surface area contributed by atoms with E-state index in [4.69, 9.17) is 11.6 Å². The number of imidazole rings is 1. The maximum absolute atomic E-state index is 13.5. The molecule has 0 aliphatic rings. The molecule has 0 saturated heterocycles. The summed E-state index contributed by atoms with van der Waals surface area (Å²) in [5.41, 5.74) is 1.38. The van der Waals surface area contributed by atoms with Crippen molar-refractivity contribution in [1.82, 2.24) is 9.97 Å². The lowest BCUT2D eigenvalue weighted by Gasteiger charge is -2.00. The zero-order chi connectivity index (χ0) is 12.7. The van der Waals surface area contributed by atoms with E-state index in [1.807, 2.05) is 0 Å². The minimum atomic E-state index is -0.397. The third kappa shape index (κ3) is 1.71. The fraction of sp³-hybridized carbons (Fsp3) is 0. The molecule has 5 heteroatoms. The second-order valence-electron chi connectivity index (χ2n) is 3.89. The van der Waals surface area contributed by atoms with E-state index < -0.39 is 5.82 Å². The molecule has 2 N–H and O–H groups in total. The summed E-state index contributed by atoms with van der Waals surface area (Å²) >= 11 is 6.03. The van der Waals surface area contributed by atoms with Gasteiger partial charge >= 0.3 is 0 Å². The van der Waals surface area contributed by atoms with Gasteiger partial charge in [0.05, 0.1) is 10.5 Å². The van der Waals surface area contributed by atoms with Gasteiger partial charge in [-0.2, -0.15) is 0 Å². The Hall–Kier alpha value is -2.07. The first kappa shape index (κ1) is 11.0. The number of hydrogen-bond acceptors (Lipinski definition) is 2. The van der Waals surface area contributed by atoms with Gasteiger partial charge in [-0.3, -0.25) is 0 Å². The van der Waals surface area contributed by atoms with Crippen molar-refractivity contribution in [2.75, 3.05) is 0 Å². The molecule has 0 fully saturated rings. The topological polar surface area (TPSA) is 48.9 Å². The average molecular weight is 263 g/mol. The van der Waals surface area contributed by atoms with E-state index in [0.29, 0.717) is 21.9 Å². The van der Waals surface area contributed by atoms with E-state index in [1.54, 1.807) is 18.2 Å². The smallest absolute Gasteiger partial charge is 0.151 e. The molecule has 3 aromatic rings. The zero-order valence-electron chi connectivity index (χ0n) is 9.11. The number of benzene rings is 2. The number of aromatic amines is 1. The molecule has 0 amide bonds. The number of fused-ring (bicyclic) bond motifs is 1. The van der Waals surface area contributed by atoms with Crippen LogP contribution in [0.3, 0.4) is 0 Å². The fourth-order valence-corrected chi connectivity index (χ4v) is 2.03. The zero-order valence-corrected chi connectivity index (χ0v) is 9.87. The highest BCUT2D eigenvalue weighted by molar-refractivity contribution is 6.33. The molecule has 18 heavy (non-hydrogen) atoms. The number of hydrogen-bond donors (Lipinski definition) is 2. The van der Waals surface area contributed by atoms with Crippen LogP contribution in [0.5, 0.6) is 5.75 Å². The molecule has 0 aliphatic heterocycles. The summed E-state index contributed by atoms with van der Waals surface area (Å²) in [7, 11) is 0. The summed E-state index contributed by atoms with van der Waals surface area (Å²) < 4.78 is 13.5. The lowest BCUT2D eigenvalue weighted by atomic mass is 10.2. The van der Waals surface area contributed by atoms with Crippen molar-refractivity contribution in [3.63, 3.8) is 0 Å². The van der Waals surface area contributed by atoms with Crippen LogP contribution in [0.15, 0.2) is 36.4 Å². The third-order valence-electron chi connectivity index (χ3n) is 2.67. The minimum Gasteiger partial charge on any atom is -0.508 e. The molecule has 3 rings (SSSR count). The van der Waals surface area contributed by atoms with E-state index in [9.17, 15) is 9.50 Å². The first-order valence-electron chi connectivity index (χ1n) is 5.28. The van der Waals surface area contributed by atoms with Gasteiger partial charge in [0.15, 0.2) is 5.82 Å². The van der Waals surface area contributed by atoms with Crippen LogP contribution in [0.1, 0.15) is 0 Å². The SMILES string of the molecule is Oc1ccc(Cl)c(-c2nc3c(F)cccc3[nH]2)c1. The molecular weight excluding hydrogens is 255 g/mol. The van der Waals surface area contributed by atoms with E-state index >= 15 is 0 Å². The first-order valence-corrected chi connectivity index (χ1v) is 5.66. The Morgan fingerprint density at radius 3 is 2.83 bits per heavy atom. The Labute approximate surface area is 107 Å². The van der Waals surface area contributed by atoms with Crippen molar-refractivity contribution < 1.29 is 9.50 Å². The summed E-state index contributed by atoms with van der Waals surface area (Å²) in [6.45, 7) is 0. The van der Waals surface area contributed by atoms with Gasteiger partial charge in [-0.05, 0) is 30.3 Å². The standard InChI is InChI=1S/C13H8ClFN2O/c14-9-5-4-7(18)6-8(9)13-16-11-3-1-2-10(15)12(11)17-13/h1-6,18H,(H,16,17). The monoisotopic (exact) mass is 262 g/mol. The number of rotatable bonds is 1. The molecule has 90 valence electrons. The summed E-state index contributed by atoms with van der Waals surface area (Å²) in [4.78, 5) is 7.13. The molecule has 0 unspecified atom stereocenters. The quantitative estimate of drug-likeness (QED) is 0.702. The van der Waals surface area contributed by atoms with Gasteiger partial charge in [0.25, 0.3) is 0 Å². The second kappa shape index (κ2) is 3.99. The Bertz CT molecular complexity index is 739. The lowest BCUT2D eigenvalue weighted by molar-refractivity contribution is 0.475. The first-order chi connectivity index (χ1) is 8.65. The maximum Gasteiger partial charge on any atom is 0.151 e. The molecule has 0 aliphatic carbocycles. The van der Waals surface area contributed by atoms with Crippen LogP contribution >= 0.6 is 11.6 Å². The van der Waals surface area contributed by atoms with Crippen LogP contribution in [0.25, 0.3) is 22.4 Å². The van der Waals surface area contributed by atoms with Crippen LogP contribution in [0.2, 0.25) is 5.02 Å². The largest absolute Gasteiger partial charge is 0.508 e. The molecular formula is C13H8ClFN2O. The van der Waals surface area contributed by atoms with Crippen molar-refractivity contribution >= 4 is 22.6 Å². The molecule has 1 heterocycles. The van der Waals surface area contributed by atoms with Gasteiger partial charge in [-0.25, -0.2) is 9.37 Å². The molecule has 0 radical (unpaired) electrons. The molecule has 0 atom stereocenters. The Kier molecular flexibility index (Phi) is 2.45. The fourth-order valence-electron chi connectivity index (χ4n) is 1.82.